The fraction of sp³-hybridized carbons (Fsp3) is 0.167. The van der Waals surface area contributed by atoms with Crippen LogP contribution in [-0.4, -0.2) is 5.78 Å². The molecule has 0 N–H and O–H groups in total. The van der Waals surface area contributed by atoms with Gasteiger partial charge in [0.25, 0.3) is 0 Å². The van der Waals surface area contributed by atoms with Crippen molar-refractivity contribution in [3.05, 3.63) is 47.5 Å². The standard InChI is InChI=1S/C12H11NO/c1-2-10(9-13)8-12(14)11-6-4-3-5-7-11/h3-8H,2H2,1H3/b10-8-. The first kappa shape index (κ1) is 10.2. The first-order chi connectivity index (χ1) is 6.77. The molecular formula is C12H11NO. The second-order valence-electron chi connectivity index (χ2n) is 2.87. The van der Waals surface area contributed by atoms with Gasteiger partial charge in [-0.05, 0) is 12.5 Å². The zero-order valence-electron chi connectivity index (χ0n) is 8.03. The van der Waals surface area contributed by atoms with Crippen molar-refractivity contribution < 1.29 is 4.79 Å². The smallest absolute Gasteiger partial charge is 0.186 e. The summed E-state index contributed by atoms with van der Waals surface area (Å²) < 4.78 is 0. The Morgan fingerprint density at radius 2 is 2.07 bits per heavy atom. The molecule has 14 heavy (non-hydrogen) atoms. The molecular weight excluding hydrogens is 174 g/mol. The molecule has 0 aliphatic rings. The van der Waals surface area contributed by atoms with Crippen molar-refractivity contribution in [1.82, 2.24) is 0 Å². The minimum atomic E-state index is -0.107. The molecule has 0 saturated carbocycles. The first-order valence-electron chi connectivity index (χ1n) is 4.48. The van der Waals surface area contributed by atoms with E-state index in [1.165, 1.54) is 6.08 Å². The van der Waals surface area contributed by atoms with Crippen LogP contribution in [0.5, 0.6) is 0 Å². The van der Waals surface area contributed by atoms with Crippen LogP contribution in [0.4, 0.5) is 0 Å². The van der Waals surface area contributed by atoms with Crippen molar-refractivity contribution in [3.8, 4) is 6.07 Å². The van der Waals surface area contributed by atoms with Crippen LogP contribution in [0, 0.1) is 11.3 Å². The molecule has 0 spiro atoms. The molecule has 70 valence electrons. The zero-order valence-corrected chi connectivity index (χ0v) is 8.03. The number of carbonyl (C=O) groups is 1. The van der Waals surface area contributed by atoms with Crippen molar-refractivity contribution in [2.45, 2.75) is 13.3 Å². The van der Waals surface area contributed by atoms with Crippen molar-refractivity contribution >= 4 is 5.78 Å². The van der Waals surface area contributed by atoms with Gasteiger partial charge >= 0.3 is 0 Å². The maximum atomic E-state index is 11.5. The molecule has 2 heteroatoms. The molecule has 0 aliphatic carbocycles. The van der Waals surface area contributed by atoms with Gasteiger partial charge in [-0.2, -0.15) is 5.26 Å². The van der Waals surface area contributed by atoms with E-state index in [9.17, 15) is 4.79 Å². The Kier molecular flexibility index (Phi) is 3.63. The number of carbonyl (C=O) groups excluding carboxylic acids is 1. The number of nitrogens with zero attached hydrogens (tertiary/aromatic N) is 1. The number of benzene rings is 1. The van der Waals surface area contributed by atoms with Gasteiger partial charge in [-0.3, -0.25) is 4.79 Å². The Morgan fingerprint density at radius 1 is 1.43 bits per heavy atom. The van der Waals surface area contributed by atoms with Crippen molar-refractivity contribution in [3.63, 3.8) is 0 Å². The molecule has 0 aliphatic heterocycles. The van der Waals surface area contributed by atoms with E-state index in [2.05, 4.69) is 0 Å². The highest BCUT2D eigenvalue weighted by atomic mass is 16.1. The molecule has 0 atom stereocenters. The molecule has 1 aromatic carbocycles. The van der Waals surface area contributed by atoms with E-state index in [4.69, 9.17) is 5.26 Å². The van der Waals surface area contributed by atoms with Gasteiger partial charge in [0.15, 0.2) is 5.78 Å². The van der Waals surface area contributed by atoms with Crippen molar-refractivity contribution in [2.24, 2.45) is 0 Å². The maximum absolute atomic E-state index is 11.5. The summed E-state index contributed by atoms with van der Waals surface area (Å²) in [6.45, 7) is 1.85. The Hall–Kier alpha value is -1.88. The summed E-state index contributed by atoms with van der Waals surface area (Å²) in [6.07, 6.45) is 1.99. The summed E-state index contributed by atoms with van der Waals surface area (Å²) in [4.78, 5) is 11.5. The summed E-state index contributed by atoms with van der Waals surface area (Å²) in [6, 6.07) is 10.9. The third-order valence-electron chi connectivity index (χ3n) is 1.89. The van der Waals surface area contributed by atoms with Gasteiger partial charge in [0.05, 0.1) is 6.07 Å². The number of allylic oxidation sites excluding steroid dienone is 2. The van der Waals surface area contributed by atoms with Crippen LogP contribution < -0.4 is 0 Å². The fourth-order valence-electron chi connectivity index (χ4n) is 1.06. The van der Waals surface area contributed by atoms with E-state index >= 15 is 0 Å². The number of rotatable bonds is 3. The minimum Gasteiger partial charge on any atom is -0.289 e. The monoisotopic (exact) mass is 185 g/mol. The Bertz CT molecular complexity index is 385. The fourth-order valence-corrected chi connectivity index (χ4v) is 1.06. The normalized spacial score (nSPS) is 10.7. The quantitative estimate of drug-likeness (QED) is 0.412. The van der Waals surface area contributed by atoms with E-state index < -0.39 is 0 Å². The van der Waals surface area contributed by atoms with Gasteiger partial charge in [-0.1, -0.05) is 37.3 Å². The van der Waals surface area contributed by atoms with E-state index in [0.717, 1.165) is 0 Å². The first-order valence-corrected chi connectivity index (χ1v) is 4.48. The van der Waals surface area contributed by atoms with Crippen molar-refractivity contribution in [1.29, 1.82) is 5.26 Å². The van der Waals surface area contributed by atoms with Gasteiger partial charge in [0.2, 0.25) is 0 Å². The molecule has 0 unspecified atom stereocenters. The lowest BCUT2D eigenvalue weighted by molar-refractivity contribution is 0.104. The van der Waals surface area contributed by atoms with Crippen LogP contribution in [-0.2, 0) is 0 Å². The third-order valence-corrected chi connectivity index (χ3v) is 1.89. The summed E-state index contributed by atoms with van der Waals surface area (Å²) in [5.41, 5.74) is 1.13. The predicted molar refractivity (Wildman–Crippen MR) is 54.8 cm³/mol. The molecule has 0 bridgehead atoms. The molecule has 0 radical (unpaired) electrons. The van der Waals surface area contributed by atoms with E-state index in [1.807, 2.05) is 19.1 Å². The lowest BCUT2D eigenvalue weighted by atomic mass is 10.1. The molecule has 0 fully saturated rings. The average Bonchev–Trinajstić information content (AvgIpc) is 2.26. The van der Waals surface area contributed by atoms with Gasteiger partial charge < -0.3 is 0 Å². The van der Waals surface area contributed by atoms with Gasteiger partial charge in [0.1, 0.15) is 0 Å². The van der Waals surface area contributed by atoms with Gasteiger partial charge in [0, 0.05) is 11.1 Å². The minimum absolute atomic E-state index is 0.107. The average molecular weight is 185 g/mol. The molecule has 1 aromatic rings. The largest absolute Gasteiger partial charge is 0.289 e. The SMILES string of the molecule is CC/C(C#N)=C/C(=O)c1ccccc1. The second kappa shape index (κ2) is 4.98. The van der Waals surface area contributed by atoms with Crippen LogP contribution in [0.15, 0.2) is 42.0 Å². The number of nitriles is 1. The highest BCUT2D eigenvalue weighted by molar-refractivity contribution is 6.05. The third kappa shape index (κ3) is 2.56. The molecule has 0 amide bonds. The van der Waals surface area contributed by atoms with Crippen LogP contribution in [0.1, 0.15) is 23.7 Å². The topological polar surface area (TPSA) is 40.9 Å². The molecule has 0 heterocycles. The molecule has 1 rings (SSSR count). The molecule has 2 nitrogen and oxygen atoms in total. The van der Waals surface area contributed by atoms with Crippen LogP contribution in [0.2, 0.25) is 0 Å². The molecule has 0 aromatic heterocycles. The second-order valence-corrected chi connectivity index (χ2v) is 2.87. The van der Waals surface area contributed by atoms with E-state index in [1.54, 1.807) is 24.3 Å². The van der Waals surface area contributed by atoms with Crippen molar-refractivity contribution in [2.75, 3.05) is 0 Å². The number of ketones is 1. The van der Waals surface area contributed by atoms with Crippen LogP contribution in [0.25, 0.3) is 0 Å². The van der Waals surface area contributed by atoms with E-state index in [-0.39, 0.29) is 5.78 Å². The lowest BCUT2D eigenvalue weighted by Crippen LogP contribution is -1.95. The highest BCUT2D eigenvalue weighted by Crippen LogP contribution is 2.05. The van der Waals surface area contributed by atoms with Gasteiger partial charge in [-0.25, -0.2) is 0 Å². The predicted octanol–water partition coefficient (Wildman–Crippen LogP) is 2.73. The zero-order chi connectivity index (χ0) is 10.4. The number of hydrogen-bond acceptors (Lipinski definition) is 2. The van der Waals surface area contributed by atoms with Gasteiger partial charge in [-0.15, -0.1) is 0 Å². The summed E-state index contributed by atoms with van der Waals surface area (Å²) >= 11 is 0. The lowest BCUT2D eigenvalue weighted by Gasteiger charge is -1.95. The van der Waals surface area contributed by atoms with E-state index in [0.29, 0.717) is 17.6 Å². The highest BCUT2D eigenvalue weighted by Gasteiger charge is 2.02. The summed E-state index contributed by atoms with van der Waals surface area (Å²) in [7, 11) is 0. The maximum Gasteiger partial charge on any atom is 0.186 e. The van der Waals surface area contributed by atoms with Crippen LogP contribution in [0.3, 0.4) is 0 Å². The Labute approximate surface area is 83.5 Å². The Balaban J connectivity index is 2.89. The summed E-state index contributed by atoms with van der Waals surface area (Å²) in [5.74, 6) is -0.107. The van der Waals surface area contributed by atoms with Crippen LogP contribution >= 0.6 is 0 Å². The Morgan fingerprint density at radius 3 is 2.57 bits per heavy atom. The summed E-state index contributed by atoms with van der Waals surface area (Å²) in [5, 5.41) is 8.65. The molecule has 0 saturated heterocycles. The number of hydrogen-bond donors (Lipinski definition) is 0.